The molecule has 1 atom stereocenters. The van der Waals surface area contributed by atoms with Crippen LogP contribution in [0.4, 0.5) is 14.5 Å². The van der Waals surface area contributed by atoms with Crippen molar-refractivity contribution in [3.05, 3.63) is 69.8 Å². The predicted octanol–water partition coefficient (Wildman–Crippen LogP) is 2.80. The second-order valence-corrected chi connectivity index (χ2v) is 6.95. The van der Waals surface area contributed by atoms with Crippen LogP contribution in [0.3, 0.4) is 0 Å². The number of benzene rings is 2. The standard InChI is InChI=1S/C21H17F2N3O4/c1-11(19(27)25-18-14(22)4-2-5-15(18)23)30-21(29)12-7-8-13-16(10-12)24-17-6-3-9-26(17)20(13)28/h2,4-5,7-8,10-11H,3,6,9H2,1H3,(H,25,27)/t11-/m1/s1. The van der Waals surface area contributed by atoms with E-state index in [2.05, 4.69) is 10.3 Å². The number of esters is 1. The summed E-state index contributed by atoms with van der Waals surface area (Å²) in [6.07, 6.45) is 0.206. The van der Waals surface area contributed by atoms with Crippen molar-refractivity contribution in [2.24, 2.45) is 0 Å². The first kappa shape index (κ1) is 19.7. The molecule has 1 aromatic heterocycles. The molecule has 2 heterocycles. The number of anilines is 1. The normalized spacial score (nSPS) is 13.7. The number of amides is 1. The number of carbonyl (C=O) groups excluding carboxylic acids is 2. The Hall–Kier alpha value is -3.62. The van der Waals surface area contributed by atoms with Crippen LogP contribution < -0.4 is 10.9 Å². The van der Waals surface area contributed by atoms with Crippen molar-refractivity contribution in [1.82, 2.24) is 9.55 Å². The van der Waals surface area contributed by atoms with Gasteiger partial charge in [0.1, 0.15) is 23.1 Å². The molecule has 154 valence electrons. The number of ether oxygens (including phenoxy) is 1. The van der Waals surface area contributed by atoms with Gasteiger partial charge in [0, 0.05) is 13.0 Å². The topological polar surface area (TPSA) is 90.3 Å². The minimum absolute atomic E-state index is 0.106. The molecule has 1 N–H and O–H groups in total. The molecule has 0 aliphatic carbocycles. The second-order valence-electron chi connectivity index (χ2n) is 6.95. The van der Waals surface area contributed by atoms with Gasteiger partial charge >= 0.3 is 5.97 Å². The van der Waals surface area contributed by atoms with Crippen molar-refractivity contribution in [1.29, 1.82) is 0 Å². The molecule has 0 bridgehead atoms. The number of aromatic nitrogens is 2. The van der Waals surface area contributed by atoms with E-state index in [1.54, 1.807) is 4.57 Å². The molecule has 0 unspecified atom stereocenters. The lowest BCUT2D eigenvalue weighted by molar-refractivity contribution is -0.123. The lowest BCUT2D eigenvalue weighted by Crippen LogP contribution is -2.30. The third-order valence-electron chi connectivity index (χ3n) is 4.92. The fourth-order valence-corrected chi connectivity index (χ4v) is 3.33. The largest absolute Gasteiger partial charge is 0.449 e. The van der Waals surface area contributed by atoms with Gasteiger partial charge in [-0.3, -0.25) is 14.2 Å². The fourth-order valence-electron chi connectivity index (χ4n) is 3.33. The average molecular weight is 413 g/mol. The number of nitrogens with one attached hydrogen (secondary N) is 1. The van der Waals surface area contributed by atoms with Crippen molar-refractivity contribution < 1.29 is 23.1 Å². The van der Waals surface area contributed by atoms with Gasteiger partial charge in [0.15, 0.2) is 6.10 Å². The van der Waals surface area contributed by atoms with Crippen molar-refractivity contribution >= 4 is 28.5 Å². The molecule has 30 heavy (non-hydrogen) atoms. The highest BCUT2D eigenvalue weighted by molar-refractivity contribution is 5.98. The van der Waals surface area contributed by atoms with E-state index in [9.17, 15) is 23.2 Å². The van der Waals surface area contributed by atoms with Gasteiger partial charge in [0.05, 0.1) is 16.5 Å². The quantitative estimate of drug-likeness (QED) is 0.665. The Bertz CT molecular complexity index is 1220. The minimum atomic E-state index is -1.31. The molecule has 3 aromatic rings. The van der Waals surface area contributed by atoms with Crippen molar-refractivity contribution in [2.75, 3.05) is 5.32 Å². The van der Waals surface area contributed by atoms with E-state index < -0.39 is 35.3 Å². The summed E-state index contributed by atoms with van der Waals surface area (Å²) in [5.74, 6) is -2.93. The average Bonchev–Trinajstić information content (AvgIpc) is 3.19. The molecular formula is C21H17F2N3O4. The van der Waals surface area contributed by atoms with Crippen molar-refractivity contribution in [3.8, 4) is 0 Å². The van der Waals surface area contributed by atoms with Gasteiger partial charge in [-0.2, -0.15) is 0 Å². The van der Waals surface area contributed by atoms with Crippen LogP contribution >= 0.6 is 0 Å². The summed E-state index contributed by atoms with van der Waals surface area (Å²) in [6, 6.07) is 7.49. The highest BCUT2D eigenvalue weighted by Crippen LogP contribution is 2.19. The molecule has 4 rings (SSSR count). The fraction of sp³-hybridized carbons (Fsp3) is 0.238. The summed E-state index contributed by atoms with van der Waals surface area (Å²) < 4.78 is 34.1. The summed E-state index contributed by atoms with van der Waals surface area (Å²) in [4.78, 5) is 41.6. The zero-order valence-electron chi connectivity index (χ0n) is 15.9. The molecule has 1 amide bonds. The Morgan fingerprint density at radius 1 is 1.20 bits per heavy atom. The van der Waals surface area contributed by atoms with Gasteiger partial charge in [-0.25, -0.2) is 18.6 Å². The third kappa shape index (κ3) is 3.54. The Balaban J connectivity index is 1.52. The van der Waals surface area contributed by atoms with E-state index >= 15 is 0 Å². The maximum Gasteiger partial charge on any atom is 0.338 e. The summed E-state index contributed by atoms with van der Waals surface area (Å²) in [6.45, 7) is 1.90. The number of fused-ring (bicyclic) bond motifs is 2. The summed E-state index contributed by atoms with van der Waals surface area (Å²) in [7, 11) is 0. The van der Waals surface area contributed by atoms with Crippen LogP contribution in [0, 0.1) is 11.6 Å². The molecule has 0 radical (unpaired) electrons. The van der Waals surface area contributed by atoms with Gasteiger partial charge in [-0.15, -0.1) is 0 Å². The lowest BCUT2D eigenvalue weighted by atomic mass is 10.1. The lowest BCUT2D eigenvalue weighted by Gasteiger charge is -2.14. The number of halogens is 2. The number of hydrogen-bond acceptors (Lipinski definition) is 5. The molecule has 9 heteroatoms. The third-order valence-corrected chi connectivity index (χ3v) is 4.92. The van der Waals surface area contributed by atoms with E-state index in [0.29, 0.717) is 29.7 Å². The SMILES string of the molecule is C[C@@H](OC(=O)c1ccc2c(=O)n3c(nc2c1)CCC3)C(=O)Nc1c(F)cccc1F. The van der Waals surface area contributed by atoms with E-state index in [-0.39, 0.29) is 11.1 Å². The monoisotopic (exact) mass is 413 g/mol. The number of para-hydroxylation sites is 1. The molecule has 0 saturated heterocycles. The predicted molar refractivity (Wildman–Crippen MR) is 104 cm³/mol. The number of aryl methyl sites for hydroxylation is 1. The second kappa shape index (κ2) is 7.66. The molecule has 1 aliphatic heterocycles. The Kier molecular flexibility index (Phi) is 5.03. The van der Waals surface area contributed by atoms with Gasteiger partial charge in [-0.05, 0) is 43.7 Å². The van der Waals surface area contributed by atoms with Crippen LogP contribution in [0.1, 0.15) is 29.5 Å². The summed E-state index contributed by atoms with van der Waals surface area (Å²) >= 11 is 0. The maximum absolute atomic E-state index is 13.7. The van der Waals surface area contributed by atoms with Crippen LogP contribution in [0.15, 0.2) is 41.2 Å². The maximum atomic E-state index is 13.7. The minimum Gasteiger partial charge on any atom is -0.449 e. The van der Waals surface area contributed by atoms with Crippen molar-refractivity contribution in [3.63, 3.8) is 0 Å². The number of nitrogens with zero attached hydrogens (tertiary/aromatic N) is 2. The molecule has 0 saturated carbocycles. The summed E-state index contributed by atoms with van der Waals surface area (Å²) in [5, 5.41) is 2.46. The molecular weight excluding hydrogens is 396 g/mol. The molecule has 2 aromatic carbocycles. The van der Waals surface area contributed by atoms with E-state index in [1.807, 2.05) is 0 Å². The Morgan fingerprint density at radius 2 is 1.93 bits per heavy atom. The van der Waals surface area contributed by atoms with Crippen molar-refractivity contribution in [2.45, 2.75) is 32.4 Å². The Labute approximate surface area is 169 Å². The molecule has 0 spiro atoms. The van der Waals surface area contributed by atoms with Gasteiger partial charge in [0.2, 0.25) is 0 Å². The van der Waals surface area contributed by atoms with E-state index in [1.165, 1.54) is 31.2 Å². The highest BCUT2D eigenvalue weighted by atomic mass is 19.1. The van der Waals surface area contributed by atoms with Gasteiger partial charge in [-0.1, -0.05) is 6.07 Å². The summed E-state index contributed by atoms with van der Waals surface area (Å²) in [5.41, 5.74) is -0.302. The first-order valence-corrected chi connectivity index (χ1v) is 9.34. The number of hydrogen-bond donors (Lipinski definition) is 1. The zero-order valence-corrected chi connectivity index (χ0v) is 15.9. The van der Waals surface area contributed by atoms with E-state index in [0.717, 1.165) is 18.6 Å². The smallest absolute Gasteiger partial charge is 0.338 e. The zero-order chi connectivity index (χ0) is 21.4. The first-order chi connectivity index (χ1) is 14.3. The van der Waals surface area contributed by atoms with Crippen LogP contribution in [0.5, 0.6) is 0 Å². The molecule has 7 nitrogen and oxygen atoms in total. The van der Waals surface area contributed by atoms with E-state index in [4.69, 9.17) is 4.74 Å². The van der Waals surface area contributed by atoms with Crippen LogP contribution in [-0.2, 0) is 22.5 Å². The van der Waals surface area contributed by atoms with Gasteiger partial charge < -0.3 is 10.1 Å². The van der Waals surface area contributed by atoms with Crippen LogP contribution in [0.25, 0.3) is 10.9 Å². The first-order valence-electron chi connectivity index (χ1n) is 9.34. The number of rotatable bonds is 4. The molecule has 1 aliphatic rings. The Morgan fingerprint density at radius 3 is 2.67 bits per heavy atom. The van der Waals surface area contributed by atoms with Crippen LogP contribution in [0.2, 0.25) is 0 Å². The van der Waals surface area contributed by atoms with Gasteiger partial charge in [0.25, 0.3) is 11.5 Å². The van der Waals surface area contributed by atoms with Crippen LogP contribution in [-0.4, -0.2) is 27.5 Å². The highest BCUT2D eigenvalue weighted by Gasteiger charge is 2.23. The molecule has 0 fully saturated rings. The number of carbonyl (C=O) groups is 2.